The molecule has 0 aromatic heterocycles. The largest absolute Gasteiger partial charge is 0.478 e. The fourth-order valence-corrected chi connectivity index (χ4v) is 3.54. The number of hydrogen-bond acceptors (Lipinski definition) is 3. The summed E-state index contributed by atoms with van der Waals surface area (Å²) in [7, 11) is -4.05. The van der Waals surface area contributed by atoms with Gasteiger partial charge in [-0.2, -0.15) is 0 Å². The molecule has 2 aromatic carbocycles. The number of carboxylic acids is 1. The highest BCUT2D eigenvalue weighted by Gasteiger charge is 2.22. The minimum atomic E-state index is -4.05. The molecule has 0 saturated heterocycles. The minimum Gasteiger partial charge on any atom is -0.478 e. The van der Waals surface area contributed by atoms with Gasteiger partial charge >= 0.3 is 5.97 Å². The smallest absolute Gasteiger partial charge is 0.335 e. The molecule has 0 atom stereocenters. The van der Waals surface area contributed by atoms with E-state index in [9.17, 15) is 17.6 Å². The van der Waals surface area contributed by atoms with Crippen LogP contribution in [0.5, 0.6) is 0 Å². The molecular formula is C14H10ClFO4S. The van der Waals surface area contributed by atoms with Gasteiger partial charge in [-0.1, -0.05) is 29.8 Å². The maximum Gasteiger partial charge on any atom is 0.335 e. The molecule has 0 fully saturated rings. The molecular weight excluding hydrogens is 319 g/mol. The average Bonchev–Trinajstić information content (AvgIpc) is 2.41. The summed E-state index contributed by atoms with van der Waals surface area (Å²) in [5.41, 5.74) is 0.0217. The van der Waals surface area contributed by atoms with Crippen LogP contribution in [0.25, 0.3) is 0 Å². The minimum absolute atomic E-state index is 0.246. The van der Waals surface area contributed by atoms with Crippen molar-refractivity contribution in [2.24, 2.45) is 0 Å². The van der Waals surface area contributed by atoms with Crippen LogP contribution >= 0.6 is 11.6 Å². The first-order chi connectivity index (χ1) is 9.81. The Morgan fingerprint density at radius 2 is 1.86 bits per heavy atom. The quantitative estimate of drug-likeness (QED) is 0.935. The van der Waals surface area contributed by atoms with Crippen molar-refractivity contribution < 1.29 is 22.7 Å². The van der Waals surface area contributed by atoms with Crippen molar-refractivity contribution in [3.05, 3.63) is 64.4 Å². The monoisotopic (exact) mass is 328 g/mol. The summed E-state index contributed by atoms with van der Waals surface area (Å²) in [6.07, 6.45) is 0. The normalized spacial score (nSPS) is 11.3. The Labute approximate surface area is 125 Å². The first-order valence-electron chi connectivity index (χ1n) is 5.80. The van der Waals surface area contributed by atoms with Crippen LogP contribution in [0, 0.1) is 5.82 Å². The topological polar surface area (TPSA) is 71.4 Å². The van der Waals surface area contributed by atoms with E-state index < -0.39 is 32.3 Å². The molecule has 4 nitrogen and oxygen atoms in total. The van der Waals surface area contributed by atoms with Crippen molar-refractivity contribution in [2.45, 2.75) is 10.6 Å². The number of carboxylic acid groups (broad SMARTS) is 1. The molecule has 2 aromatic rings. The second kappa shape index (κ2) is 5.83. The molecule has 0 aliphatic heterocycles. The molecule has 0 unspecified atom stereocenters. The van der Waals surface area contributed by atoms with Crippen molar-refractivity contribution in [2.75, 3.05) is 0 Å². The lowest BCUT2D eigenvalue weighted by Gasteiger charge is -2.08. The first-order valence-corrected chi connectivity index (χ1v) is 7.83. The van der Waals surface area contributed by atoms with E-state index in [1.807, 2.05) is 0 Å². The van der Waals surface area contributed by atoms with E-state index in [1.54, 1.807) is 12.1 Å². The Morgan fingerprint density at radius 1 is 1.19 bits per heavy atom. The van der Waals surface area contributed by atoms with Crippen LogP contribution in [0.3, 0.4) is 0 Å². The molecule has 0 radical (unpaired) electrons. The molecule has 0 bridgehead atoms. The van der Waals surface area contributed by atoms with Crippen LogP contribution in [0.1, 0.15) is 15.9 Å². The number of rotatable bonds is 4. The van der Waals surface area contributed by atoms with Gasteiger partial charge in [0.15, 0.2) is 9.84 Å². The molecule has 0 heterocycles. The number of sulfone groups is 1. The third kappa shape index (κ3) is 3.40. The SMILES string of the molecule is O=C(O)c1ccc(F)c(S(=O)(=O)Cc2ccccc2Cl)c1. The lowest BCUT2D eigenvalue weighted by molar-refractivity contribution is 0.0696. The third-order valence-electron chi connectivity index (χ3n) is 2.82. The third-order valence-corrected chi connectivity index (χ3v) is 4.86. The molecule has 1 N–H and O–H groups in total. The molecule has 7 heteroatoms. The van der Waals surface area contributed by atoms with Crippen molar-refractivity contribution in [1.29, 1.82) is 0 Å². The highest BCUT2D eigenvalue weighted by molar-refractivity contribution is 7.90. The van der Waals surface area contributed by atoms with E-state index in [4.69, 9.17) is 16.7 Å². The lowest BCUT2D eigenvalue weighted by Crippen LogP contribution is -2.09. The molecule has 0 saturated carbocycles. The highest BCUT2D eigenvalue weighted by Crippen LogP contribution is 2.24. The summed E-state index contributed by atoms with van der Waals surface area (Å²) in [5, 5.41) is 9.11. The maximum absolute atomic E-state index is 13.7. The van der Waals surface area contributed by atoms with E-state index in [0.29, 0.717) is 5.56 Å². The van der Waals surface area contributed by atoms with Gasteiger partial charge in [0.05, 0.1) is 11.3 Å². The number of aromatic carboxylic acids is 1. The summed E-state index contributed by atoms with van der Waals surface area (Å²) in [4.78, 5) is 10.2. The van der Waals surface area contributed by atoms with Gasteiger partial charge in [-0.25, -0.2) is 17.6 Å². The van der Waals surface area contributed by atoms with E-state index in [1.165, 1.54) is 12.1 Å². The lowest BCUT2D eigenvalue weighted by atomic mass is 10.2. The number of benzene rings is 2. The second-order valence-corrected chi connectivity index (χ2v) is 6.67. The number of halogens is 2. The van der Waals surface area contributed by atoms with Gasteiger partial charge in [0, 0.05) is 5.02 Å². The molecule has 0 aliphatic rings. The Hall–Kier alpha value is -1.92. The predicted octanol–water partition coefficient (Wildman–Crippen LogP) is 3.15. The molecule has 2 rings (SSSR count). The van der Waals surface area contributed by atoms with Crippen LogP contribution in [-0.2, 0) is 15.6 Å². The standard InChI is InChI=1S/C14H10ClFO4S/c15-11-4-2-1-3-10(11)8-21(19,20)13-7-9(14(17)18)5-6-12(13)16/h1-7H,8H2,(H,17,18). The molecule has 0 spiro atoms. The second-order valence-electron chi connectivity index (χ2n) is 4.30. The fraction of sp³-hybridized carbons (Fsp3) is 0.0714. The summed E-state index contributed by atoms with van der Waals surface area (Å²) in [5.74, 6) is -2.83. The summed E-state index contributed by atoms with van der Waals surface area (Å²) < 4.78 is 38.2. The first kappa shape index (κ1) is 15.5. The Morgan fingerprint density at radius 3 is 2.48 bits per heavy atom. The Bertz CT molecular complexity index is 802. The zero-order valence-corrected chi connectivity index (χ0v) is 12.2. The van der Waals surface area contributed by atoms with Crippen LogP contribution in [0.4, 0.5) is 4.39 Å². The molecule has 0 aliphatic carbocycles. The summed E-state index contributed by atoms with van der Waals surface area (Å²) in [6.45, 7) is 0. The summed E-state index contributed by atoms with van der Waals surface area (Å²) >= 11 is 5.89. The highest BCUT2D eigenvalue weighted by atomic mass is 35.5. The average molecular weight is 329 g/mol. The van der Waals surface area contributed by atoms with Gasteiger partial charge in [0.2, 0.25) is 0 Å². The van der Waals surface area contributed by atoms with Gasteiger partial charge in [0.25, 0.3) is 0 Å². The van der Waals surface area contributed by atoms with E-state index >= 15 is 0 Å². The molecule has 110 valence electrons. The Balaban J connectivity index is 2.47. The Kier molecular flexibility index (Phi) is 4.29. The van der Waals surface area contributed by atoms with Crippen LogP contribution < -0.4 is 0 Å². The van der Waals surface area contributed by atoms with Crippen LogP contribution in [0.2, 0.25) is 5.02 Å². The number of hydrogen-bond donors (Lipinski definition) is 1. The van der Waals surface area contributed by atoms with Gasteiger partial charge in [-0.3, -0.25) is 0 Å². The zero-order chi connectivity index (χ0) is 15.6. The van der Waals surface area contributed by atoms with Crippen molar-refractivity contribution in [1.82, 2.24) is 0 Å². The van der Waals surface area contributed by atoms with Crippen molar-refractivity contribution in [3.8, 4) is 0 Å². The van der Waals surface area contributed by atoms with Gasteiger partial charge in [-0.05, 0) is 29.8 Å². The van der Waals surface area contributed by atoms with Gasteiger partial charge in [-0.15, -0.1) is 0 Å². The van der Waals surface area contributed by atoms with E-state index in [-0.39, 0.29) is 10.6 Å². The van der Waals surface area contributed by atoms with Crippen LogP contribution in [-0.4, -0.2) is 19.5 Å². The van der Waals surface area contributed by atoms with Crippen molar-refractivity contribution in [3.63, 3.8) is 0 Å². The van der Waals surface area contributed by atoms with Gasteiger partial charge < -0.3 is 5.11 Å². The molecule has 21 heavy (non-hydrogen) atoms. The zero-order valence-electron chi connectivity index (χ0n) is 10.6. The fourth-order valence-electron chi connectivity index (χ4n) is 1.77. The van der Waals surface area contributed by atoms with Crippen molar-refractivity contribution >= 4 is 27.4 Å². The maximum atomic E-state index is 13.7. The molecule has 0 amide bonds. The number of carbonyl (C=O) groups is 1. The van der Waals surface area contributed by atoms with Gasteiger partial charge in [0.1, 0.15) is 10.7 Å². The van der Waals surface area contributed by atoms with E-state index in [0.717, 1.165) is 18.2 Å². The van der Waals surface area contributed by atoms with Crippen LogP contribution in [0.15, 0.2) is 47.4 Å². The summed E-state index contributed by atoms with van der Waals surface area (Å²) in [6, 6.07) is 8.93. The van der Waals surface area contributed by atoms with E-state index in [2.05, 4.69) is 0 Å². The predicted molar refractivity (Wildman–Crippen MR) is 75.7 cm³/mol.